The van der Waals surface area contributed by atoms with Crippen LogP contribution in [0.5, 0.6) is 5.75 Å². The van der Waals surface area contributed by atoms with E-state index >= 15 is 0 Å². The number of hydrogen-bond donors (Lipinski definition) is 1. The van der Waals surface area contributed by atoms with Crippen LogP contribution in [-0.4, -0.2) is 29.9 Å². The summed E-state index contributed by atoms with van der Waals surface area (Å²) in [4.78, 5) is 28.0. The second-order valence-corrected chi connectivity index (χ2v) is 7.84. The zero-order valence-electron chi connectivity index (χ0n) is 18.6. The number of carbonyl (C=O) groups excluding carboxylic acids is 2. The molecule has 1 aliphatic heterocycles. The molecule has 3 aromatic carbocycles. The van der Waals surface area contributed by atoms with Crippen molar-refractivity contribution in [3.05, 3.63) is 101 Å². The summed E-state index contributed by atoms with van der Waals surface area (Å²) in [6, 6.07) is 20.9. The standard InChI is InChI=1S/C27H25FN2O3/c1-3-33-23-6-4-5-22(17-23)29-25-24(20-11-7-18(2)8-12-20)26(31)30(27(25)32)16-15-19-9-13-21(28)14-10-19/h4-14,17,29H,3,15-16H2,1-2H3. The van der Waals surface area contributed by atoms with Gasteiger partial charge in [-0.2, -0.15) is 0 Å². The molecule has 0 atom stereocenters. The number of carbonyl (C=O) groups is 2. The average Bonchev–Trinajstić information content (AvgIpc) is 3.04. The maximum absolute atomic E-state index is 13.4. The molecule has 33 heavy (non-hydrogen) atoms. The number of ether oxygens (including phenoxy) is 1. The molecule has 6 heteroatoms. The minimum Gasteiger partial charge on any atom is -0.494 e. The van der Waals surface area contributed by atoms with Gasteiger partial charge in [0, 0.05) is 18.3 Å². The smallest absolute Gasteiger partial charge is 0.278 e. The molecule has 0 fully saturated rings. The highest BCUT2D eigenvalue weighted by Crippen LogP contribution is 2.31. The maximum Gasteiger partial charge on any atom is 0.278 e. The highest BCUT2D eigenvalue weighted by molar-refractivity contribution is 6.36. The van der Waals surface area contributed by atoms with E-state index in [1.165, 1.54) is 17.0 Å². The molecular formula is C27H25FN2O3. The molecule has 1 N–H and O–H groups in total. The van der Waals surface area contributed by atoms with E-state index in [0.717, 1.165) is 11.1 Å². The Morgan fingerprint density at radius 2 is 1.67 bits per heavy atom. The van der Waals surface area contributed by atoms with E-state index in [1.54, 1.807) is 18.2 Å². The summed E-state index contributed by atoms with van der Waals surface area (Å²) in [5.41, 5.74) is 3.80. The van der Waals surface area contributed by atoms with Crippen LogP contribution in [0.3, 0.4) is 0 Å². The SMILES string of the molecule is CCOc1cccc(NC2=C(c3ccc(C)cc3)C(=O)N(CCc3ccc(F)cc3)C2=O)c1. The zero-order valence-corrected chi connectivity index (χ0v) is 18.6. The van der Waals surface area contributed by atoms with Crippen molar-refractivity contribution < 1.29 is 18.7 Å². The van der Waals surface area contributed by atoms with Gasteiger partial charge in [-0.15, -0.1) is 0 Å². The summed E-state index contributed by atoms with van der Waals surface area (Å²) in [5, 5.41) is 3.16. The van der Waals surface area contributed by atoms with Gasteiger partial charge in [0.2, 0.25) is 0 Å². The fraction of sp³-hybridized carbons (Fsp3) is 0.185. The number of imide groups is 1. The molecule has 5 nitrogen and oxygen atoms in total. The van der Waals surface area contributed by atoms with Gasteiger partial charge in [-0.3, -0.25) is 14.5 Å². The molecular weight excluding hydrogens is 419 g/mol. The Balaban J connectivity index is 1.65. The Bertz CT molecular complexity index is 1200. The quantitative estimate of drug-likeness (QED) is 0.499. The highest BCUT2D eigenvalue weighted by atomic mass is 19.1. The van der Waals surface area contributed by atoms with E-state index in [9.17, 15) is 14.0 Å². The van der Waals surface area contributed by atoms with Crippen molar-refractivity contribution in [1.82, 2.24) is 4.90 Å². The number of anilines is 1. The van der Waals surface area contributed by atoms with Crippen molar-refractivity contribution in [1.29, 1.82) is 0 Å². The molecule has 0 radical (unpaired) electrons. The van der Waals surface area contributed by atoms with E-state index in [4.69, 9.17) is 4.74 Å². The van der Waals surface area contributed by atoms with Crippen LogP contribution in [0.4, 0.5) is 10.1 Å². The van der Waals surface area contributed by atoms with Crippen LogP contribution in [0.1, 0.15) is 23.6 Å². The van der Waals surface area contributed by atoms with Crippen molar-refractivity contribution in [3.8, 4) is 5.75 Å². The second-order valence-electron chi connectivity index (χ2n) is 7.84. The lowest BCUT2D eigenvalue weighted by molar-refractivity contribution is -0.136. The van der Waals surface area contributed by atoms with Gasteiger partial charge in [-0.25, -0.2) is 4.39 Å². The molecule has 0 bridgehead atoms. The summed E-state index contributed by atoms with van der Waals surface area (Å²) < 4.78 is 18.8. The van der Waals surface area contributed by atoms with Gasteiger partial charge in [0.15, 0.2) is 0 Å². The highest BCUT2D eigenvalue weighted by Gasteiger charge is 2.38. The molecule has 4 rings (SSSR count). The zero-order chi connectivity index (χ0) is 23.4. The summed E-state index contributed by atoms with van der Waals surface area (Å²) in [6.45, 7) is 4.58. The minimum absolute atomic E-state index is 0.197. The first-order valence-corrected chi connectivity index (χ1v) is 10.9. The summed E-state index contributed by atoms with van der Waals surface area (Å²) >= 11 is 0. The molecule has 1 heterocycles. The maximum atomic E-state index is 13.4. The number of nitrogens with zero attached hydrogens (tertiary/aromatic N) is 1. The van der Waals surface area contributed by atoms with E-state index in [0.29, 0.717) is 35.6 Å². The molecule has 0 spiro atoms. The monoisotopic (exact) mass is 444 g/mol. The normalized spacial score (nSPS) is 13.6. The number of amides is 2. The summed E-state index contributed by atoms with van der Waals surface area (Å²) in [6.07, 6.45) is 0.437. The predicted molar refractivity (Wildman–Crippen MR) is 126 cm³/mol. The first kappa shape index (κ1) is 22.3. The van der Waals surface area contributed by atoms with Crippen LogP contribution in [0.25, 0.3) is 5.57 Å². The van der Waals surface area contributed by atoms with Gasteiger partial charge < -0.3 is 10.1 Å². The molecule has 0 saturated carbocycles. The third kappa shape index (κ3) is 4.95. The predicted octanol–water partition coefficient (Wildman–Crippen LogP) is 4.97. The van der Waals surface area contributed by atoms with Crippen molar-refractivity contribution in [2.75, 3.05) is 18.5 Å². The van der Waals surface area contributed by atoms with Crippen molar-refractivity contribution in [2.24, 2.45) is 0 Å². The lowest BCUT2D eigenvalue weighted by Crippen LogP contribution is -2.34. The fourth-order valence-corrected chi connectivity index (χ4v) is 3.75. The Hall–Kier alpha value is -3.93. The topological polar surface area (TPSA) is 58.6 Å². The lowest BCUT2D eigenvalue weighted by Gasteiger charge is -2.15. The molecule has 0 aliphatic carbocycles. The van der Waals surface area contributed by atoms with Gasteiger partial charge in [0.25, 0.3) is 11.8 Å². The van der Waals surface area contributed by atoms with Crippen LogP contribution >= 0.6 is 0 Å². The third-order valence-electron chi connectivity index (χ3n) is 5.46. The number of halogens is 1. The van der Waals surface area contributed by atoms with Crippen LogP contribution < -0.4 is 10.1 Å². The second kappa shape index (κ2) is 9.69. The Morgan fingerprint density at radius 1 is 0.939 bits per heavy atom. The van der Waals surface area contributed by atoms with Crippen LogP contribution in [-0.2, 0) is 16.0 Å². The van der Waals surface area contributed by atoms with Gasteiger partial charge in [0.1, 0.15) is 17.3 Å². The molecule has 0 aromatic heterocycles. The fourth-order valence-electron chi connectivity index (χ4n) is 3.75. The number of aryl methyl sites for hydroxylation is 1. The van der Waals surface area contributed by atoms with Gasteiger partial charge in [-0.1, -0.05) is 48.0 Å². The van der Waals surface area contributed by atoms with Gasteiger partial charge >= 0.3 is 0 Å². The van der Waals surface area contributed by atoms with E-state index in [1.807, 2.05) is 56.3 Å². The lowest BCUT2D eigenvalue weighted by atomic mass is 10.0. The van der Waals surface area contributed by atoms with Gasteiger partial charge in [0.05, 0.1) is 12.2 Å². The Kier molecular flexibility index (Phi) is 6.54. The van der Waals surface area contributed by atoms with Crippen LogP contribution in [0.2, 0.25) is 0 Å². The first-order chi connectivity index (χ1) is 16.0. The summed E-state index contributed by atoms with van der Waals surface area (Å²) in [7, 11) is 0. The third-order valence-corrected chi connectivity index (χ3v) is 5.46. The molecule has 168 valence electrons. The Labute approximate surface area is 192 Å². The van der Waals surface area contributed by atoms with Crippen LogP contribution in [0, 0.1) is 12.7 Å². The number of hydrogen-bond acceptors (Lipinski definition) is 4. The van der Waals surface area contributed by atoms with Gasteiger partial charge in [-0.05, 0) is 55.7 Å². The van der Waals surface area contributed by atoms with Crippen molar-refractivity contribution in [2.45, 2.75) is 20.3 Å². The molecule has 0 unspecified atom stereocenters. The largest absolute Gasteiger partial charge is 0.494 e. The first-order valence-electron chi connectivity index (χ1n) is 10.9. The van der Waals surface area contributed by atoms with E-state index in [-0.39, 0.29) is 29.9 Å². The Morgan fingerprint density at radius 3 is 2.36 bits per heavy atom. The number of benzene rings is 3. The molecule has 2 amide bonds. The molecule has 1 aliphatic rings. The molecule has 0 saturated heterocycles. The molecule has 3 aromatic rings. The summed E-state index contributed by atoms with van der Waals surface area (Å²) in [5.74, 6) is -0.394. The number of rotatable bonds is 8. The van der Waals surface area contributed by atoms with Crippen molar-refractivity contribution >= 4 is 23.1 Å². The van der Waals surface area contributed by atoms with Crippen molar-refractivity contribution in [3.63, 3.8) is 0 Å². The van der Waals surface area contributed by atoms with Crippen LogP contribution in [0.15, 0.2) is 78.5 Å². The number of nitrogens with one attached hydrogen (secondary N) is 1. The average molecular weight is 445 g/mol. The van der Waals surface area contributed by atoms with E-state index < -0.39 is 0 Å². The minimum atomic E-state index is -0.389. The van der Waals surface area contributed by atoms with E-state index in [2.05, 4.69) is 5.32 Å².